The van der Waals surface area contributed by atoms with Crippen LogP contribution in [0.1, 0.15) is 0 Å². The van der Waals surface area contributed by atoms with Gasteiger partial charge in [-0.1, -0.05) is 103 Å². The highest BCUT2D eigenvalue weighted by molar-refractivity contribution is 6.26. The van der Waals surface area contributed by atoms with Gasteiger partial charge in [0, 0.05) is 38.7 Å². The molecule has 3 heterocycles. The molecule has 0 aliphatic heterocycles. The van der Waals surface area contributed by atoms with Gasteiger partial charge in [-0.05, 0) is 92.3 Å². The summed E-state index contributed by atoms with van der Waals surface area (Å²) in [4.78, 5) is 0. The lowest BCUT2D eigenvalue weighted by Gasteiger charge is -2.18. The predicted molar refractivity (Wildman–Crippen MR) is 204 cm³/mol. The highest BCUT2D eigenvalue weighted by atomic mass is 16.3. The Morgan fingerprint density at radius 3 is 1.86 bits per heavy atom. The Labute approximate surface area is 280 Å². The standard InChI is InChI=1S/C46H27NO2/c1-2-11-30(12-3-1)47-39-19-9-8-13-31(39)37-26-29(21-22-40(37)47)44-32-14-4-6-16-34(32)45(35-17-7-5-15-33(35)44)36-18-10-20-41-46(36)38-25-28-23-24-48-42(28)27-43(38)49-41/h1-27H. The van der Waals surface area contributed by atoms with Crippen LogP contribution < -0.4 is 0 Å². The zero-order valence-electron chi connectivity index (χ0n) is 26.4. The third-order valence-corrected chi connectivity index (χ3v) is 10.2. The van der Waals surface area contributed by atoms with Gasteiger partial charge in [-0.15, -0.1) is 0 Å². The van der Waals surface area contributed by atoms with Crippen molar-refractivity contribution in [3.05, 3.63) is 164 Å². The lowest BCUT2D eigenvalue weighted by Crippen LogP contribution is -1.93. The minimum absolute atomic E-state index is 0.831. The van der Waals surface area contributed by atoms with Gasteiger partial charge in [0.05, 0.1) is 17.3 Å². The molecule has 228 valence electrons. The number of fused-ring (bicyclic) bond motifs is 9. The van der Waals surface area contributed by atoms with Crippen LogP contribution in [-0.2, 0) is 0 Å². The van der Waals surface area contributed by atoms with E-state index in [-0.39, 0.29) is 0 Å². The number of hydrogen-bond donors (Lipinski definition) is 0. The van der Waals surface area contributed by atoms with Gasteiger partial charge in [0.2, 0.25) is 0 Å². The Balaban J connectivity index is 1.23. The van der Waals surface area contributed by atoms with Gasteiger partial charge in [-0.3, -0.25) is 0 Å². The Bertz CT molecular complexity index is 3050. The second-order valence-electron chi connectivity index (χ2n) is 12.8. The molecule has 0 unspecified atom stereocenters. The van der Waals surface area contributed by atoms with Gasteiger partial charge in [-0.25, -0.2) is 0 Å². The van der Waals surface area contributed by atoms with Gasteiger partial charge in [-0.2, -0.15) is 0 Å². The molecule has 0 aliphatic rings. The van der Waals surface area contributed by atoms with Crippen LogP contribution in [0, 0.1) is 0 Å². The summed E-state index contributed by atoms with van der Waals surface area (Å²) in [5.74, 6) is 0. The summed E-state index contributed by atoms with van der Waals surface area (Å²) in [6.07, 6.45) is 1.74. The number of para-hydroxylation sites is 2. The van der Waals surface area contributed by atoms with Crippen LogP contribution in [0.15, 0.2) is 173 Å². The summed E-state index contributed by atoms with van der Waals surface area (Å²) in [6, 6.07) is 56.8. The Morgan fingerprint density at radius 1 is 0.408 bits per heavy atom. The maximum Gasteiger partial charge on any atom is 0.139 e. The fraction of sp³-hybridized carbons (Fsp3) is 0. The topological polar surface area (TPSA) is 31.2 Å². The third-order valence-electron chi connectivity index (χ3n) is 10.2. The van der Waals surface area contributed by atoms with E-state index in [1.807, 2.05) is 12.1 Å². The molecule has 0 radical (unpaired) electrons. The van der Waals surface area contributed by atoms with Crippen molar-refractivity contribution < 1.29 is 8.83 Å². The van der Waals surface area contributed by atoms with E-state index in [0.29, 0.717) is 0 Å². The number of hydrogen-bond acceptors (Lipinski definition) is 2. The van der Waals surface area contributed by atoms with Crippen LogP contribution in [-0.4, -0.2) is 4.57 Å². The number of benzene rings is 8. The van der Waals surface area contributed by atoms with Crippen LogP contribution in [0.2, 0.25) is 0 Å². The zero-order valence-corrected chi connectivity index (χ0v) is 26.4. The van der Waals surface area contributed by atoms with Gasteiger partial charge >= 0.3 is 0 Å². The van der Waals surface area contributed by atoms with E-state index in [1.165, 1.54) is 65.6 Å². The van der Waals surface area contributed by atoms with Crippen molar-refractivity contribution in [3.8, 4) is 27.9 Å². The van der Waals surface area contributed by atoms with Gasteiger partial charge < -0.3 is 13.4 Å². The summed E-state index contributed by atoms with van der Waals surface area (Å²) < 4.78 is 14.6. The van der Waals surface area contributed by atoms with Crippen molar-refractivity contribution in [2.24, 2.45) is 0 Å². The first-order chi connectivity index (χ1) is 24.3. The third kappa shape index (κ3) is 3.73. The molecule has 0 bridgehead atoms. The van der Waals surface area contributed by atoms with Crippen LogP contribution in [0.4, 0.5) is 0 Å². The van der Waals surface area contributed by atoms with Crippen molar-refractivity contribution in [1.82, 2.24) is 4.57 Å². The van der Waals surface area contributed by atoms with Crippen LogP contribution in [0.5, 0.6) is 0 Å². The monoisotopic (exact) mass is 625 g/mol. The Morgan fingerprint density at radius 2 is 1.08 bits per heavy atom. The Kier molecular flexibility index (Phi) is 5.38. The summed E-state index contributed by atoms with van der Waals surface area (Å²) in [5.41, 5.74) is 10.9. The first kappa shape index (κ1) is 26.5. The molecule has 0 spiro atoms. The van der Waals surface area contributed by atoms with Crippen molar-refractivity contribution in [2.45, 2.75) is 0 Å². The molecular weight excluding hydrogens is 599 g/mol. The first-order valence-electron chi connectivity index (χ1n) is 16.7. The molecule has 0 N–H and O–H groups in total. The van der Waals surface area contributed by atoms with Crippen LogP contribution in [0.25, 0.3) is 104 Å². The molecule has 11 rings (SSSR count). The zero-order chi connectivity index (χ0) is 32.1. The highest BCUT2D eigenvalue weighted by Crippen LogP contribution is 2.48. The molecule has 8 aromatic carbocycles. The molecule has 0 atom stereocenters. The number of furan rings is 2. The van der Waals surface area contributed by atoms with Crippen LogP contribution >= 0.6 is 0 Å². The first-order valence-corrected chi connectivity index (χ1v) is 16.7. The van der Waals surface area contributed by atoms with Crippen molar-refractivity contribution in [2.75, 3.05) is 0 Å². The number of aromatic nitrogens is 1. The average Bonchev–Trinajstić information content (AvgIpc) is 3.86. The van der Waals surface area contributed by atoms with Crippen molar-refractivity contribution in [1.29, 1.82) is 0 Å². The lowest BCUT2D eigenvalue weighted by atomic mass is 9.84. The molecule has 0 aliphatic carbocycles. The van der Waals surface area contributed by atoms with Gasteiger partial charge in [0.15, 0.2) is 0 Å². The largest absolute Gasteiger partial charge is 0.464 e. The summed E-state index contributed by atoms with van der Waals surface area (Å²) in [6.45, 7) is 0. The van der Waals surface area contributed by atoms with E-state index < -0.39 is 0 Å². The SMILES string of the molecule is c1ccc(-n2c3ccccc3c3cc(-c4c5ccccc5c(-c5cccc6oc7cc8occc8cc7c56)c5ccccc45)ccc32)cc1. The second kappa shape index (κ2) is 9.96. The molecule has 0 fully saturated rings. The molecule has 49 heavy (non-hydrogen) atoms. The van der Waals surface area contributed by atoms with Gasteiger partial charge in [0.25, 0.3) is 0 Å². The van der Waals surface area contributed by atoms with Crippen LogP contribution in [0.3, 0.4) is 0 Å². The molecule has 3 nitrogen and oxygen atoms in total. The molecule has 11 aromatic rings. The number of rotatable bonds is 3. The van der Waals surface area contributed by atoms with E-state index in [9.17, 15) is 0 Å². The van der Waals surface area contributed by atoms with Gasteiger partial charge in [0.1, 0.15) is 16.7 Å². The summed E-state index contributed by atoms with van der Waals surface area (Å²) in [7, 11) is 0. The average molecular weight is 626 g/mol. The maximum atomic E-state index is 6.46. The molecule has 0 saturated heterocycles. The fourth-order valence-corrected chi connectivity index (χ4v) is 8.20. The highest BCUT2D eigenvalue weighted by Gasteiger charge is 2.21. The second-order valence-corrected chi connectivity index (χ2v) is 12.8. The molecular formula is C46H27NO2. The quantitative estimate of drug-likeness (QED) is 0.183. The lowest BCUT2D eigenvalue weighted by molar-refractivity contribution is 0.613. The Hall–Kier alpha value is -6.58. The minimum atomic E-state index is 0.831. The van der Waals surface area contributed by atoms with E-state index in [1.54, 1.807) is 6.26 Å². The predicted octanol–water partition coefficient (Wildman–Crippen LogP) is 13.1. The summed E-state index contributed by atoms with van der Waals surface area (Å²) in [5, 5.41) is 10.7. The minimum Gasteiger partial charge on any atom is -0.464 e. The fourth-order valence-electron chi connectivity index (χ4n) is 8.20. The molecule has 0 amide bonds. The molecule has 0 saturated carbocycles. The molecule has 3 heteroatoms. The van der Waals surface area contributed by atoms with E-state index >= 15 is 0 Å². The number of nitrogens with zero attached hydrogens (tertiary/aromatic N) is 1. The van der Waals surface area contributed by atoms with Crippen molar-refractivity contribution in [3.63, 3.8) is 0 Å². The van der Waals surface area contributed by atoms with E-state index in [4.69, 9.17) is 8.83 Å². The maximum absolute atomic E-state index is 6.46. The van der Waals surface area contributed by atoms with E-state index in [0.717, 1.165) is 38.6 Å². The van der Waals surface area contributed by atoms with Crippen molar-refractivity contribution >= 4 is 76.3 Å². The smallest absolute Gasteiger partial charge is 0.139 e. The normalized spacial score (nSPS) is 12.1. The molecule has 3 aromatic heterocycles. The van der Waals surface area contributed by atoms with E-state index in [2.05, 4.69) is 150 Å². The summed E-state index contributed by atoms with van der Waals surface area (Å²) >= 11 is 0.